The highest BCUT2D eigenvalue weighted by molar-refractivity contribution is 5.81. The highest BCUT2D eigenvalue weighted by Crippen LogP contribution is 2.24. The summed E-state index contributed by atoms with van der Waals surface area (Å²) >= 11 is 0. The van der Waals surface area contributed by atoms with Crippen LogP contribution in [0.25, 0.3) is 0 Å². The van der Waals surface area contributed by atoms with Gasteiger partial charge in [0.1, 0.15) is 6.10 Å². The van der Waals surface area contributed by atoms with Crippen LogP contribution in [-0.2, 0) is 11.3 Å². The van der Waals surface area contributed by atoms with Crippen LogP contribution in [0.1, 0.15) is 56.8 Å². The van der Waals surface area contributed by atoms with E-state index in [0.29, 0.717) is 12.0 Å². The molecule has 1 amide bonds. The Morgan fingerprint density at radius 3 is 2.62 bits per heavy atom. The van der Waals surface area contributed by atoms with Crippen LogP contribution in [0.4, 0.5) is 0 Å². The van der Waals surface area contributed by atoms with Crippen LogP contribution in [0.5, 0.6) is 0 Å². The molecular weight excluding hydrogens is 302 g/mol. The molecule has 1 aromatic heterocycles. The number of rotatable bonds is 6. The fraction of sp³-hybridized carbons (Fsp3) is 0.684. The van der Waals surface area contributed by atoms with Gasteiger partial charge >= 0.3 is 0 Å². The van der Waals surface area contributed by atoms with Crippen LogP contribution in [-0.4, -0.2) is 46.1 Å². The minimum atomic E-state index is -0.852. The van der Waals surface area contributed by atoms with E-state index in [9.17, 15) is 9.90 Å². The van der Waals surface area contributed by atoms with Gasteiger partial charge in [0.15, 0.2) is 0 Å². The van der Waals surface area contributed by atoms with E-state index in [1.54, 1.807) is 0 Å². The van der Waals surface area contributed by atoms with Gasteiger partial charge in [-0.15, -0.1) is 0 Å². The maximum atomic E-state index is 12.0. The standard InChI is InChI=1S/C19H29N3O2/c1-13(2)17-5-3-4-16(20-17)12-22-10-8-14(9-11-22)18(23)19(24)21-15-6-7-15/h3-5,13-15,18,23H,6-12H2,1-2H3,(H,21,24)/t18-/m1/s1. The Labute approximate surface area is 144 Å². The summed E-state index contributed by atoms with van der Waals surface area (Å²) in [5.41, 5.74) is 2.24. The zero-order valence-corrected chi connectivity index (χ0v) is 14.7. The molecule has 24 heavy (non-hydrogen) atoms. The zero-order chi connectivity index (χ0) is 17.1. The molecule has 132 valence electrons. The number of nitrogens with zero attached hydrogens (tertiary/aromatic N) is 2. The fourth-order valence-electron chi connectivity index (χ4n) is 3.29. The number of likely N-dealkylation sites (tertiary alicyclic amines) is 1. The Hall–Kier alpha value is -1.46. The molecular formula is C19H29N3O2. The van der Waals surface area contributed by atoms with Crippen molar-refractivity contribution in [3.63, 3.8) is 0 Å². The number of nitrogens with one attached hydrogen (secondary N) is 1. The number of aliphatic hydroxyl groups excluding tert-OH is 1. The average molecular weight is 331 g/mol. The molecule has 2 fully saturated rings. The summed E-state index contributed by atoms with van der Waals surface area (Å²) in [6.45, 7) is 6.98. The molecule has 1 atom stereocenters. The van der Waals surface area contributed by atoms with E-state index in [4.69, 9.17) is 4.98 Å². The SMILES string of the molecule is CC(C)c1cccc(CN2CCC([C@@H](O)C(=O)NC3CC3)CC2)n1. The maximum Gasteiger partial charge on any atom is 0.249 e. The summed E-state index contributed by atoms with van der Waals surface area (Å²) in [6.07, 6.45) is 2.99. The van der Waals surface area contributed by atoms with E-state index in [1.807, 2.05) is 0 Å². The van der Waals surface area contributed by atoms with E-state index in [0.717, 1.165) is 56.7 Å². The van der Waals surface area contributed by atoms with E-state index in [2.05, 4.69) is 42.3 Å². The molecule has 0 spiro atoms. The van der Waals surface area contributed by atoms with Crippen molar-refractivity contribution in [2.24, 2.45) is 5.92 Å². The van der Waals surface area contributed by atoms with Crippen molar-refractivity contribution < 1.29 is 9.90 Å². The molecule has 0 radical (unpaired) electrons. The zero-order valence-electron chi connectivity index (χ0n) is 14.7. The molecule has 2 N–H and O–H groups in total. The third-order valence-corrected chi connectivity index (χ3v) is 5.08. The largest absolute Gasteiger partial charge is 0.383 e. The number of aromatic nitrogens is 1. The average Bonchev–Trinajstić information content (AvgIpc) is 3.39. The Morgan fingerprint density at radius 2 is 2.00 bits per heavy atom. The van der Waals surface area contributed by atoms with Crippen molar-refractivity contribution in [2.45, 2.75) is 64.1 Å². The molecule has 1 saturated carbocycles. The summed E-state index contributed by atoms with van der Waals surface area (Å²) in [4.78, 5) is 19.1. The predicted molar refractivity (Wildman–Crippen MR) is 93.5 cm³/mol. The number of pyridine rings is 1. The highest BCUT2D eigenvalue weighted by Gasteiger charge is 2.32. The molecule has 1 aliphatic carbocycles. The van der Waals surface area contributed by atoms with Crippen LogP contribution >= 0.6 is 0 Å². The summed E-state index contributed by atoms with van der Waals surface area (Å²) in [5, 5.41) is 13.2. The topological polar surface area (TPSA) is 65.5 Å². The van der Waals surface area contributed by atoms with Crippen molar-refractivity contribution in [1.29, 1.82) is 0 Å². The van der Waals surface area contributed by atoms with Gasteiger partial charge in [0.05, 0.1) is 5.69 Å². The third-order valence-electron chi connectivity index (χ3n) is 5.08. The first-order chi connectivity index (χ1) is 11.5. The van der Waals surface area contributed by atoms with E-state index >= 15 is 0 Å². The Balaban J connectivity index is 1.48. The van der Waals surface area contributed by atoms with Gasteiger partial charge in [-0.1, -0.05) is 19.9 Å². The van der Waals surface area contributed by atoms with Gasteiger partial charge in [0.2, 0.25) is 5.91 Å². The number of hydrogen-bond donors (Lipinski definition) is 2. The summed E-state index contributed by atoms with van der Waals surface area (Å²) in [7, 11) is 0. The Kier molecular flexibility index (Phi) is 5.51. The summed E-state index contributed by atoms with van der Waals surface area (Å²) in [6, 6.07) is 6.55. The first kappa shape index (κ1) is 17.4. The van der Waals surface area contributed by atoms with Crippen LogP contribution in [0, 0.1) is 5.92 Å². The lowest BCUT2D eigenvalue weighted by atomic mass is 9.90. The molecule has 2 aliphatic rings. The molecule has 3 rings (SSSR count). The van der Waals surface area contributed by atoms with Gasteiger partial charge in [-0.25, -0.2) is 0 Å². The fourth-order valence-corrected chi connectivity index (χ4v) is 3.29. The monoisotopic (exact) mass is 331 g/mol. The van der Waals surface area contributed by atoms with Crippen molar-refractivity contribution >= 4 is 5.91 Å². The second-order valence-corrected chi connectivity index (χ2v) is 7.55. The number of carbonyl (C=O) groups excluding carboxylic acids is 1. The number of hydrogen-bond acceptors (Lipinski definition) is 4. The van der Waals surface area contributed by atoms with Crippen molar-refractivity contribution in [1.82, 2.24) is 15.2 Å². The summed E-state index contributed by atoms with van der Waals surface area (Å²) < 4.78 is 0. The van der Waals surface area contributed by atoms with Crippen LogP contribution in [0.3, 0.4) is 0 Å². The first-order valence-electron chi connectivity index (χ1n) is 9.19. The van der Waals surface area contributed by atoms with E-state index in [1.165, 1.54) is 0 Å². The van der Waals surface area contributed by atoms with Crippen molar-refractivity contribution in [3.8, 4) is 0 Å². The van der Waals surface area contributed by atoms with E-state index < -0.39 is 6.10 Å². The molecule has 0 aromatic carbocycles. The van der Waals surface area contributed by atoms with Gasteiger partial charge in [-0.05, 0) is 62.7 Å². The first-order valence-corrected chi connectivity index (χ1v) is 9.19. The smallest absolute Gasteiger partial charge is 0.249 e. The van der Waals surface area contributed by atoms with Crippen molar-refractivity contribution in [3.05, 3.63) is 29.6 Å². The molecule has 0 unspecified atom stereocenters. The second kappa shape index (κ2) is 7.62. The predicted octanol–water partition coefficient (Wildman–Crippen LogP) is 2.06. The van der Waals surface area contributed by atoms with Gasteiger partial charge in [0.25, 0.3) is 0 Å². The van der Waals surface area contributed by atoms with Crippen molar-refractivity contribution in [2.75, 3.05) is 13.1 Å². The second-order valence-electron chi connectivity index (χ2n) is 7.55. The summed E-state index contributed by atoms with van der Waals surface area (Å²) in [5.74, 6) is 0.341. The highest BCUT2D eigenvalue weighted by atomic mass is 16.3. The number of carbonyl (C=O) groups is 1. The minimum Gasteiger partial charge on any atom is -0.383 e. The van der Waals surface area contributed by atoms with Gasteiger partial charge < -0.3 is 10.4 Å². The lowest BCUT2D eigenvalue weighted by Gasteiger charge is -2.33. The minimum absolute atomic E-state index is 0.0787. The lowest BCUT2D eigenvalue weighted by Crippen LogP contribution is -2.45. The van der Waals surface area contributed by atoms with Crippen LogP contribution < -0.4 is 5.32 Å². The van der Waals surface area contributed by atoms with Gasteiger partial charge in [0, 0.05) is 18.3 Å². The molecule has 1 aromatic rings. The quantitative estimate of drug-likeness (QED) is 0.837. The van der Waals surface area contributed by atoms with Crippen LogP contribution in [0.2, 0.25) is 0 Å². The number of aliphatic hydroxyl groups is 1. The number of amides is 1. The Morgan fingerprint density at radius 1 is 1.29 bits per heavy atom. The maximum absolute atomic E-state index is 12.0. The molecule has 2 heterocycles. The molecule has 0 bridgehead atoms. The molecule has 1 aliphatic heterocycles. The molecule has 1 saturated heterocycles. The lowest BCUT2D eigenvalue weighted by molar-refractivity contribution is -0.133. The molecule has 5 nitrogen and oxygen atoms in total. The number of piperidine rings is 1. The third kappa shape index (κ3) is 4.54. The van der Waals surface area contributed by atoms with E-state index in [-0.39, 0.29) is 11.8 Å². The normalized spacial score (nSPS) is 21.0. The van der Waals surface area contributed by atoms with Crippen LogP contribution in [0.15, 0.2) is 18.2 Å². The van der Waals surface area contributed by atoms with Gasteiger partial charge in [-0.2, -0.15) is 0 Å². The molecule has 5 heteroatoms. The Bertz CT molecular complexity index is 563. The van der Waals surface area contributed by atoms with Gasteiger partial charge in [-0.3, -0.25) is 14.7 Å².